The summed E-state index contributed by atoms with van der Waals surface area (Å²) in [5.41, 5.74) is -0.358. The highest BCUT2D eigenvalue weighted by molar-refractivity contribution is 5.62. The summed E-state index contributed by atoms with van der Waals surface area (Å²) in [6.07, 6.45) is -2.99. The molecule has 1 aromatic heterocycles. The Morgan fingerprint density at radius 3 is 2.58 bits per heavy atom. The summed E-state index contributed by atoms with van der Waals surface area (Å²) in [5, 5.41) is 12.9. The molecule has 6 nitrogen and oxygen atoms in total. The maximum absolute atomic E-state index is 12.8. The van der Waals surface area contributed by atoms with E-state index >= 15 is 0 Å². The normalized spacial score (nSPS) is 20.2. The molecule has 1 fully saturated rings. The second-order valence-corrected chi connectivity index (χ2v) is 5.99. The Hall–Kier alpha value is -2.55. The van der Waals surface area contributed by atoms with Crippen molar-refractivity contribution in [2.24, 2.45) is 0 Å². The minimum Gasteiger partial charge on any atom is -0.481 e. The number of aliphatic carboxylic acids is 1. The maximum atomic E-state index is 12.8. The van der Waals surface area contributed by atoms with Gasteiger partial charge in [-0.2, -0.15) is 18.3 Å². The monoisotopic (exact) mass is 372 g/mol. The lowest BCUT2D eigenvalue weighted by Crippen LogP contribution is -2.31. The topological polar surface area (TPSA) is 95.3 Å². The molecule has 1 aliphatic heterocycles. The van der Waals surface area contributed by atoms with Gasteiger partial charge < -0.3 is 14.9 Å². The summed E-state index contributed by atoms with van der Waals surface area (Å²) < 4.78 is 43.5. The standard InChI is InChI=1S/C15H15F3N2O2.C2H4O2/c16-15(17,18)11-3-1-2-9(6-11)12-7-10(4-5-19-12)13-8-14(21)20-22-13;1-2(3)4/h1-3,6,8,10,12,19H,4-5,7H2,(H,20,21);1H3,(H,3,4)/t10-,12+;/m0./s1. The molecule has 0 saturated carbocycles. The minimum absolute atomic E-state index is 0.0137. The minimum atomic E-state index is -4.35. The highest BCUT2D eigenvalue weighted by Crippen LogP contribution is 2.36. The van der Waals surface area contributed by atoms with E-state index in [1.807, 2.05) is 0 Å². The molecule has 0 radical (unpaired) electrons. The Morgan fingerprint density at radius 2 is 2.00 bits per heavy atom. The summed E-state index contributed by atoms with van der Waals surface area (Å²) >= 11 is 0. The summed E-state index contributed by atoms with van der Waals surface area (Å²) in [7, 11) is 0. The van der Waals surface area contributed by atoms with E-state index in [1.54, 1.807) is 6.07 Å². The molecular weight excluding hydrogens is 353 g/mol. The number of H-pyrrole nitrogens is 1. The zero-order valence-corrected chi connectivity index (χ0v) is 14.0. The third kappa shape index (κ3) is 5.48. The molecule has 1 aliphatic rings. The summed E-state index contributed by atoms with van der Waals surface area (Å²) in [6.45, 7) is 1.74. The number of hydrogen-bond donors (Lipinski definition) is 3. The van der Waals surface area contributed by atoms with Gasteiger partial charge in [0, 0.05) is 24.9 Å². The zero-order chi connectivity index (χ0) is 19.3. The molecular formula is C17H19F3N2O4. The number of hydrogen-bond acceptors (Lipinski definition) is 4. The van der Waals surface area contributed by atoms with E-state index in [1.165, 1.54) is 18.2 Å². The van der Waals surface area contributed by atoms with Crippen LogP contribution in [0, 0.1) is 0 Å². The number of aromatic nitrogens is 1. The fourth-order valence-electron chi connectivity index (χ4n) is 2.86. The van der Waals surface area contributed by atoms with Crippen molar-refractivity contribution in [2.75, 3.05) is 6.54 Å². The van der Waals surface area contributed by atoms with Gasteiger partial charge in [-0.25, -0.2) is 0 Å². The lowest BCUT2D eigenvalue weighted by Gasteiger charge is -2.29. The van der Waals surface area contributed by atoms with Crippen LogP contribution in [-0.2, 0) is 11.0 Å². The number of aromatic amines is 1. The number of benzene rings is 1. The van der Waals surface area contributed by atoms with Gasteiger partial charge >= 0.3 is 6.18 Å². The van der Waals surface area contributed by atoms with Crippen molar-refractivity contribution < 1.29 is 27.6 Å². The Bertz CT molecular complexity index is 794. The molecule has 0 spiro atoms. The van der Waals surface area contributed by atoms with Crippen LogP contribution in [0.15, 0.2) is 39.6 Å². The van der Waals surface area contributed by atoms with Crippen molar-refractivity contribution in [3.8, 4) is 0 Å². The maximum Gasteiger partial charge on any atom is 0.416 e. The van der Waals surface area contributed by atoms with Crippen LogP contribution in [-0.4, -0.2) is 22.8 Å². The third-order valence-electron chi connectivity index (χ3n) is 3.97. The lowest BCUT2D eigenvalue weighted by atomic mass is 9.87. The number of piperidine rings is 1. The van der Waals surface area contributed by atoms with Crippen LogP contribution in [0.4, 0.5) is 13.2 Å². The van der Waals surface area contributed by atoms with Crippen molar-refractivity contribution in [2.45, 2.75) is 37.9 Å². The largest absolute Gasteiger partial charge is 0.481 e. The molecule has 3 rings (SSSR count). The predicted molar refractivity (Wildman–Crippen MR) is 86.8 cm³/mol. The van der Waals surface area contributed by atoms with Crippen LogP contribution in [0.5, 0.6) is 0 Å². The summed E-state index contributed by atoms with van der Waals surface area (Å²) in [4.78, 5) is 20.1. The van der Waals surface area contributed by atoms with Gasteiger partial charge in [-0.3, -0.25) is 9.59 Å². The number of rotatable bonds is 2. The van der Waals surface area contributed by atoms with Gasteiger partial charge in [-0.1, -0.05) is 12.1 Å². The number of carboxylic acids is 1. The Balaban J connectivity index is 0.000000552. The first-order valence-corrected chi connectivity index (χ1v) is 7.95. The molecule has 2 aromatic rings. The van der Waals surface area contributed by atoms with Gasteiger partial charge in [0.1, 0.15) is 5.76 Å². The van der Waals surface area contributed by atoms with Crippen molar-refractivity contribution in [3.63, 3.8) is 0 Å². The molecule has 1 saturated heterocycles. The van der Waals surface area contributed by atoms with Gasteiger partial charge in [0.2, 0.25) is 0 Å². The summed E-state index contributed by atoms with van der Waals surface area (Å²) in [5.74, 6) is -0.261. The van der Waals surface area contributed by atoms with E-state index in [0.717, 1.165) is 19.4 Å². The van der Waals surface area contributed by atoms with Gasteiger partial charge in [0.15, 0.2) is 0 Å². The fourth-order valence-corrected chi connectivity index (χ4v) is 2.86. The average Bonchev–Trinajstić information content (AvgIpc) is 3.00. The van der Waals surface area contributed by atoms with Gasteiger partial charge in [0.05, 0.1) is 5.56 Å². The van der Waals surface area contributed by atoms with E-state index in [-0.39, 0.29) is 17.5 Å². The second-order valence-electron chi connectivity index (χ2n) is 5.99. The first kappa shape index (κ1) is 19.8. The molecule has 0 amide bonds. The van der Waals surface area contributed by atoms with E-state index < -0.39 is 17.7 Å². The number of alkyl halides is 3. The van der Waals surface area contributed by atoms with Gasteiger partial charge in [0.25, 0.3) is 11.5 Å². The SMILES string of the molecule is CC(=O)O.O=c1cc([C@H]2CCN[C@@H](c3cccc(C(F)(F)F)c3)C2)o[nH]1. The number of halogens is 3. The van der Waals surface area contributed by atoms with Crippen LogP contribution >= 0.6 is 0 Å². The number of nitrogens with one attached hydrogen (secondary N) is 2. The first-order chi connectivity index (χ1) is 12.2. The second kappa shape index (κ2) is 8.22. The van der Waals surface area contributed by atoms with Crippen molar-refractivity contribution in [1.29, 1.82) is 0 Å². The van der Waals surface area contributed by atoms with E-state index in [2.05, 4.69) is 10.5 Å². The van der Waals surface area contributed by atoms with Crippen molar-refractivity contribution in [1.82, 2.24) is 10.5 Å². The van der Waals surface area contributed by atoms with Crippen molar-refractivity contribution in [3.05, 3.63) is 57.6 Å². The molecule has 26 heavy (non-hydrogen) atoms. The Kier molecular flexibility index (Phi) is 6.25. The molecule has 2 heterocycles. The average molecular weight is 372 g/mol. The molecule has 1 aromatic carbocycles. The summed E-state index contributed by atoms with van der Waals surface area (Å²) in [6, 6.07) is 6.55. The molecule has 9 heteroatoms. The zero-order valence-electron chi connectivity index (χ0n) is 14.0. The molecule has 0 bridgehead atoms. The lowest BCUT2D eigenvalue weighted by molar-refractivity contribution is -0.137. The number of carbonyl (C=O) groups is 1. The van der Waals surface area contributed by atoms with E-state index in [4.69, 9.17) is 14.4 Å². The molecule has 0 aliphatic carbocycles. The molecule has 2 atom stereocenters. The van der Waals surface area contributed by atoms with Crippen LogP contribution in [0.3, 0.4) is 0 Å². The Labute approximate surface area is 147 Å². The first-order valence-electron chi connectivity index (χ1n) is 7.95. The van der Waals surface area contributed by atoms with Crippen LogP contribution in [0.2, 0.25) is 0 Å². The molecule has 0 unspecified atom stereocenters. The fraction of sp³-hybridized carbons (Fsp3) is 0.412. The Morgan fingerprint density at radius 1 is 1.31 bits per heavy atom. The van der Waals surface area contributed by atoms with Gasteiger partial charge in [-0.05, 0) is 37.1 Å². The van der Waals surface area contributed by atoms with Crippen LogP contribution in [0.25, 0.3) is 0 Å². The van der Waals surface area contributed by atoms with Crippen LogP contribution in [0.1, 0.15) is 48.6 Å². The molecule has 142 valence electrons. The molecule has 3 N–H and O–H groups in total. The number of carboxylic acid groups (broad SMARTS) is 1. The van der Waals surface area contributed by atoms with Crippen LogP contribution < -0.4 is 10.9 Å². The predicted octanol–water partition coefficient (Wildman–Crippen LogP) is 3.29. The van der Waals surface area contributed by atoms with E-state index in [9.17, 15) is 18.0 Å². The van der Waals surface area contributed by atoms with Gasteiger partial charge in [-0.15, -0.1) is 0 Å². The smallest absolute Gasteiger partial charge is 0.416 e. The quantitative estimate of drug-likeness (QED) is 0.752. The third-order valence-corrected chi connectivity index (χ3v) is 3.97. The van der Waals surface area contributed by atoms with E-state index in [0.29, 0.717) is 24.3 Å². The van der Waals surface area contributed by atoms with Crippen molar-refractivity contribution >= 4 is 5.97 Å². The highest BCUT2D eigenvalue weighted by atomic mass is 19.4. The highest BCUT2D eigenvalue weighted by Gasteiger charge is 2.32.